The number of unbranched alkanes of at least 4 members (excludes halogenated alkanes) is 6. The van der Waals surface area contributed by atoms with Gasteiger partial charge >= 0.3 is 29.0 Å². The van der Waals surface area contributed by atoms with Crippen molar-refractivity contribution in [3.05, 3.63) is 69.4 Å². The van der Waals surface area contributed by atoms with Gasteiger partial charge in [0.25, 0.3) is 11.9 Å². The molecular weight excluding hydrogens is 783 g/mol. The third kappa shape index (κ3) is 16.4. The molecule has 11 heteroatoms. The average molecular weight is 844 g/mol. The number of carbonyl (C=O) groups excluding carboxylic acids is 4. The molecule has 0 saturated heterocycles. The molecule has 8 nitrogen and oxygen atoms in total. The van der Waals surface area contributed by atoms with Crippen LogP contribution in [-0.4, -0.2) is 36.1 Å². The van der Waals surface area contributed by atoms with Crippen molar-refractivity contribution in [3.8, 4) is 11.5 Å². The van der Waals surface area contributed by atoms with Gasteiger partial charge < -0.3 is 30.8 Å². The fourth-order valence-electron chi connectivity index (χ4n) is 6.80. The molecule has 4 unspecified atom stereocenters. The Hall–Kier alpha value is -2.58. The van der Waals surface area contributed by atoms with Crippen LogP contribution in [0.4, 0.5) is 0 Å². The standard InChI is InChI=1S/2C22H30ClO4.Fe/c2*1-4-5-6-7-10-16(3)26-22(25)19-13-12-17(14-20(19)23)27-21(24)18-11-8-9-15(18)2;/h2*12-14,16,18H,4-11H2,1-3H3;/q2*-1;+2. The molecule has 2 aromatic rings. The molecule has 0 amide bonds. The van der Waals surface area contributed by atoms with Crippen LogP contribution in [-0.2, 0) is 36.1 Å². The minimum atomic E-state index is -0.444. The van der Waals surface area contributed by atoms with E-state index in [1.54, 1.807) is 24.3 Å². The first-order valence-electron chi connectivity index (χ1n) is 19.9. The van der Waals surface area contributed by atoms with Gasteiger partial charge in [0, 0.05) is 12.1 Å². The van der Waals surface area contributed by atoms with Crippen LogP contribution in [0.5, 0.6) is 11.5 Å². The van der Waals surface area contributed by atoms with E-state index in [0.29, 0.717) is 22.6 Å². The molecule has 2 saturated carbocycles. The van der Waals surface area contributed by atoms with Gasteiger partial charge in [-0.2, -0.15) is 26.7 Å². The molecule has 0 aromatic heterocycles. The van der Waals surface area contributed by atoms with Crippen LogP contribution in [0.1, 0.15) is 165 Å². The molecule has 4 rings (SSSR count). The molecule has 55 heavy (non-hydrogen) atoms. The molecular formula is C44H60Cl2FeO8. The number of rotatable bonds is 18. The third-order valence-corrected chi connectivity index (χ3v) is 10.8. The molecule has 0 bridgehead atoms. The van der Waals surface area contributed by atoms with E-state index in [1.165, 1.54) is 49.7 Å². The van der Waals surface area contributed by atoms with E-state index in [4.69, 9.17) is 42.1 Å². The maximum absolute atomic E-state index is 12.3. The van der Waals surface area contributed by atoms with Gasteiger partial charge in [0.05, 0.1) is 33.4 Å². The number of halogens is 2. The summed E-state index contributed by atoms with van der Waals surface area (Å²) >= 11 is 12.5. The van der Waals surface area contributed by atoms with E-state index in [1.807, 2.05) is 27.7 Å². The summed E-state index contributed by atoms with van der Waals surface area (Å²) in [5, 5.41) is 0.464. The van der Waals surface area contributed by atoms with Crippen molar-refractivity contribution in [2.75, 3.05) is 0 Å². The summed E-state index contributed by atoms with van der Waals surface area (Å²) in [5.74, 6) is 1.38. The number of hydrogen-bond donors (Lipinski definition) is 0. The summed E-state index contributed by atoms with van der Waals surface area (Å²) < 4.78 is 21.8. The average Bonchev–Trinajstić information content (AvgIpc) is 3.76. The van der Waals surface area contributed by atoms with E-state index >= 15 is 0 Å². The summed E-state index contributed by atoms with van der Waals surface area (Å²) in [6.07, 6.45) is 16.2. The van der Waals surface area contributed by atoms with E-state index in [0.717, 1.165) is 77.0 Å². The number of esters is 4. The number of ether oxygens (including phenoxy) is 4. The van der Waals surface area contributed by atoms with Gasteiger partial charge in [0.15, 0.2) is 0 Å². The summed E-state index contributed by atoms with van der Waals surface area (Å²) in [4.78, 5) is 49.2. The normalized spacial score (nSPS) is 18.0. The maximum atomic E-state index is 12.3. The van der Waals surface area contributed by atoms with Crippen molar-refractivity contribution >= 4 is 47.1 Å². The van der Waals surface area contributed by atoms with Crippen molar-refractivity contribution < 1.29 is 55.2 Å². The fraction of sp³-hybridized carbons (Fsp3) is 0.591. The predicted molar refractivity (Wildman–Crippen MR) is 214 cm³/mol. The molecule has 0 radical (unpaired) electrons. The molecule has 2 aliphatic carbocycles. The van der Waals surface area contributed by atoms with Gasteiger partial charge in [0.2, 0.25) is 0 Å². The zero-order valence-corrected chi connectivity index (χ0v) is 36.1. The van der Waals surface area contributed by atoms with Crippen molar-refractivity contribution in [1.82, 2.24) is 0 Å². The Labute approximate surface area is 349 Å². The Morgan fingerprint density at radius 1 is 0.655 bits per heavy atom. The molecule has 0 heterocycles. The van der Waals surface area contributed by atoms with Crippen LogP contribution in [0.25, 0.3) is 0 Å². The summed E-state index contributed by atoms with van der Waals surface area (Å²) in [6.45, 7) is 12.1. The smallest absolute Gasteiger partial charge is 0.459 e. The Morgan fingerprint density at radius 3 is 1.35 bits per heavy atom. The topological polar surface area (TPSA) is 105 Å². The second-order valence-electron chi connectivity index (χ2n) is 14.8. The van der Waals surface area contributed by atoms with Gasteiger partial charge in [-0.3, -0.25) is 9.59 Å². The van der Waals surface area contributed by atoms with Crippen molar-refractivity contribution in [2.45, 2.75) is 156 Å². The summed E-state index contributed by atoms with van der Waals surface area (Å²) in [5.41, 5.74) is 0.584. The quantitative estimate of drug-likeness (QED) is 0.0480. The first-order valence-corrected chi connectivity index (χ1v) is 20.7. The van der Waals surface area contributed by atoms with Crippen LogP contribution in [0.3, 0.4) is 0 Å². The predicted octanol–water partition coefficient (Wildman–Crippen LogP) is 12.3. The Bertz CT molecular complexity index is 1410. The van der Waals surface area contributed by atoms with Crippen molar-refractivity contribution in [1.29, 1.82) is 0 Å². The third-order valence-electron chi connectivity index (χ3n) is 10.2. The monoisotopic (exact) mass is 842 g/mol. The second kappa shape index (κ2) is 25.6. The Kier molecular flexibility index (Phi) is 22.6. The van der Waals surface area contributed by atoms with Crippen LogP contribution >= 0.6 is 23.2 Å². The molecule has 0 spiro atoms. The maximum Gasteiger partial charge on any atom is 2.00 e. The summed E-state index contributed by atoms with van der Waals surface area (Å²) in [7, 11) is 0. The van der Waals surface area contributed by atoms with Crippen LogP contribution in [0, 0.1) is 23.7 Å². The molecule has 306 valence electrons. The molecule has 0 aliphatic heterocycles. The Balaban J connectivity index is 0.000000373. The second-order valence-corrected chi connectivity index (χ2v) is 15.7. The van der Waals surface area contributed by atoms with E-state index in [-0.39, 0.29) is 63.1 Å². The summed E-state index contributed by atoms with van der Waals surface area (Å²) in [6, 6.07) is 9.32. The molecule has 2 aromatic carbocycles. The van der Waals surface area contributed by atoms with Gasteiger partial charge in [-0.25, -0.2) is 9.59 Å². The minimum Gasteiger partial charge on any atom is -0.459 e. The number of hydrogen-bond acceptors (Lipinski definition) is 8. The van der Waals surface area contributed by atoms with E-state index in [9.17, 15) is 19.2 Å². The van der Waals surface area contributed by atoms with Gasteiger partial charge in [-0.05, 0) is 63.8 Å². The van der Waals surface area contributed by atoms with Crippen LogP contribution < -0.4 is 9.47 Å². The first-order chi connectivity index (χ1) is 25.8. The van der Waals surface area contributed by atoms with Gasteiger partial charge in [0.1, 0.15) is 11.5 Å². The van der Waals surface area contributed by atoms with Gasteiger partial charge in [-0.15, -0.1) is 0 Å². The van der Waals surface area contributed by atoms with E-state index < -0.39 is 11.9 Å². The molecule has 4 atom stereocenters. The first kappa shape index (κ1) is 48.6. The number of benzene rings is 2. The molecule has 2 aliphatic rings. The largest absolute Gasteiger partial charge is 2.00 e. The van der Waals surface area contributed by atoms with Crippen LogP contribution in [0.15, 0.2) is 36.4 Å². The Morgan fingerprint density at radius 2 is 1.04 bits per heavy atom. The fourth-order valence-corrected chi connectivity index (χ4v) is 7.30. The van der Waals surface area contributed by atoms with E-state index in [2.05, 4.69) is 13.8 Å². The SMILES string of the molecule is CCCCCCC(C)OC(=O)c1ccc(OC(=O)C2CCC[C-]2C)cc1Cl.CCCCCCC(C)OC(=O)c1ccc(OC(=O)C2CCC[C-]2C)cc1Cl.[Fe+2]. The van der Waals surface area contributed by atoms with Crippen LogP contribution in [0.2, 0.25) is 10.0 Å². The van der Waals surface area contributed by atoms with Gasteiger partial charge in [-0.1, -0.05) is 113 Å². The van der Waals surface area contributed by atoms with Crippen molar-refractivity contribution in [3.63, 3.8) is 0 Å². The zero-order valence-electron chi connectivity index (χ0n) is 33.5. The zero-order chi connectivity index (χ0) is 39.6. The minimum absolute atomic E-state index is 0. The number of carbonyl (C=O) groups is 4. The van der Waals surface area contributed by atoms with Crippen molar-refractivity contribution in [2.24, 2.45) is 11.8 Å². The molecule has 0 N–H and O–H groups in total. The molecule has 2 fully saturated rings.